The smallest absolute Gasteiger partial charge is 0.260 e. The highest BCUT2D eigenvalue weighted by molar-refractivity contribution is 8.00. The van der Waals surface area contributed by atoms with E-state index in [-0.39, 0.29) is 16.3 Å². The second kappa shape index (κ2) is 5.60. The molecule has 0 aliphatic carbocycles. The average Bonchev–Trinajstić information content (AvgIpc) is 2.69. The minimum atomic E-state index is -3.61. The van der Waals surface area contributed by atoms with Crippen LogP contribution in [-0.2, 0) is 16.6 Å². The minimum Gasteiger partial charge on any atom is -0.326 e. The molecule has 1 aromatic heterocycles. The zero-order chi connectivity index (χ0) is 14.0. The Morgan fingerprint density at radius 3 is 2.61 bits per heavy atom. The third kappa shape index (κ3) is 3.47. The second-order valence-corrected chi connectivity index (χ2v) is 7.82. The molecule has 0 aliphatic rings. The number of aromatic nitrogens is 2. The summed E-state index contributed by atoms with van der Waals surface area (Å²) in [7, 11) is -3.61. The van der Waals surface area contributed by atoms with Crippen LogP contribution in [-0.4, -0.2) is 36.2 Å². The van der Waals surface area contributed by atoms with Crippen LogP contribution in [0.2, 0.25) is 0 Å². The van der Waals surface area contributed by atoms with Crippen molar-refractivity contribution >= 4 is 21.8 Å². The Bertz CT molecular complexity index is 508. The van der Waals surface area contributed by atoms with Crippen LogP contribution in [0.4, 0.5) is 0 Å². The third-order valence-electron chi connectivity index (χ3n) is 2.74. The molecule has 1 heterocycles. The van der Waals surface area contributed by atoms with Crippen molar-refractivity contribution < 1.29 is 8.42 Å². The highest BCUT2D eigenvalue weighted by Gasteiger charge is 2.26. The molecule has 0 radical (unpaired) electrons. The number of hydrogen-bond acceptors (Lipinski definition) is 5. The number of rotatable bonds is 6. The standard InChI is InChI=1S/C10H20N4O2S2/c1-7-8(5-11)9(14-13-7)18(15,16)12-6-10(2,3)17-4/h12H,5-6,11H2,1-4H3,(H,13,14). The van der Waals surface area contributed by atoms with Crippen LogP contribution in [0, 0.1) is 6.92 Å². The van der Waals surface area contributed by atoms with E-state index in [1.165, 1.54) is 0 Å². The third-order valence-corrected chi connectivity index (χ3v) is 5.36. The van der Waals surface area contributed by atoms with E-state index < -0.39 is 10.0 Å². The quantitative estimate of drug-likeness (QED) is 0.712. The molecule has 0 aliphatic heterocycles. The van der Waals surface area contributed by atoms with E-state index in [0.29, 0.717) is 17.8 Å². The number of nitrogens with one attached hydrogen (secondary N) is 2. The van der Waals surface area contributed by atoms with Gasteiger partial charge in [0.05, 0.1) is 0 Å². The molecule has 0 bridgehead atoms. The summed E-state index contributed by atoms with van der Waals surface area (Å²) in [6.07, 6.45) is 1.94. The molecule has 0 aromatic carbocycles. The van der Waals surface area contributed by atoms with Crippen molar-refractivity contribution in [2.45, 2.75) is 37.1 Å². The molecule has 18 heavy (non-hydrogen) atoms. The van der Waals surface area contributed by atoms with Gasteiger partial charge in [-0.3, -0.25) is 5.10 Å². The predicted octanol–water partition coefficient (Wildman–Crippen LogP) is 0.597. The first-order valence-electron chi connectivity index (χ1n) is 5.52. The van der Waals surface area contributed by atoms with Crippen molar-refractivity contribution in [3.05, 3.63) is 11.3 Å². The first kappa shape index (κ1) is 15.5. The summed E-state index contributed by atoms with van der Waals surface area (Å²) in [6, 6.07) is 0. The lowest BCUT2D eigenvalue weighted by atomic mass is 10.2. The number of aryl methyl sites for hydroxylation is 1. The van der Waals surface area contributed by atoms with E-state index in [1.807, 2.05) is 20.1 Å². The van der Waals surface area contributed by atoms with Gasteiger partial charge in [0, 0.05) is 29.1 Å². The normalized spacial score (nSPS) is 12.9. The van der Waals surface area contributed by atoms with Gasteiger partial charge in [0.2, 0.25) is 0 Å². The van der Waals surface area contributed by atoms with Crippen molar-refractivity contribution in [2.24, 2.45) is 5.73 Å². The van der Waals surface area contributed by atoms with Gasteiger partial charge in [-0.1, -0.05) is 0 Å². The Balaban J connectivity index is 2.94. The fourth-order valence-electron chi connectivity index (χ4n) is 1.30. The van der Waals surface area contributed by atoms with Gasteiger partial charge in [0.15, 0.2) is 5.03 Å². The maximum atomic E-state index is 12.1. The van der Waals surface area contributed by atoms with Gasteiger partial charge in [-0.2, -0.15) is 16.9 Å². The zero-order valence-corrected chi connectivity index (χ0v) is 12.7. The number of hydrogen-bond donors (Lipinski definition) is 3. The summed E-state index contributed by atoms with van der Waals surface area (Å²) < 4.78 is 26.7. The minimum absolute atomic E-state index is 0.000553. The summed E-state index contributed by atoms with van der Waals surface area (Å²) in [5.74, 6) is 0. The number of sulfonamides is 1. The molecule has 1 aromatic rings. The summed E-state index contributed by atoms with van der Waals surface area (Å²) in [4.78, 5) is 0. The summed E-state index contributed by atoms with van der Waals surface area (Å²) in [5, 5.41) is 6.47. The molecule has 4 N–H and O–H groups in total. The van der Waals surface area contributed by atoms with Crippen LogP contribution in [0.25, 0.3) is 0 Å². The van der Waals surface area contributed by atoms with Crippen LogP contribution >= 0.6 is 11.8 Å². The van der Waals surface area contributed by atoms with Crippen LogP contribution in [0.5, 0.6) is 0 Å². The molecular formula is C10H20N4O2S2. The number of nitrogens with zero attached hydrogens (tertiary/aromatic N) is 1. The lowest BCUT2D eigenvalue weighted by Gasteiger charge is -2.21. The molecule has 104 valence electrons. The Hall–Kier alpha value is -0.570. The number of nitrogens with two attached hydrogens (primary N) is 1. The van der Waals surface area contributed by atoms with Gasteiger partial charge in [-0.15, -0.1) is 0 Å². The molecule has 6 nitrogen and oxygen atoms in total. The lowest BCUT2D eigenvalue weighted by Crippen LogP contribution is -2.36. The molecular weight excluding hydrogens is 272 g/mol. The Labute approximate surface area is 112 Å². The van der Waals surface area contributed by atoms with Crippen molar-refractivity contribution in [3.8, 4) is 0 Å². The van der Waals surface area contributed by atoms with Gasteiger partial charge < -0.3 is 5.73 Å². The summed E-state index contributed by atoms with van der Waals surface area (Å²) in [6.45, 7) is 6.18. The molecule has 0 amide bonds. The second-order valence-electron chi connectivity index (χ2n) is 4.62. The zero-order valence-electron chi connectivity index (χ0n) is 11.1. The summed E-state index contributed by atoms with van der Waals surface area (Å²) in [5.41, 5.74) is 6.76. The molecule has 0 fully saturated rings. The Morgan fingerprint density at radius 1 is 1.50 bits per heavy atom. The Morgan fingerprint density at radius 2 is 2.11 bits per heavy atom. The van der Waals surface area contributed by atoms with Crippen molar-refractivity contribution in [2.75, 3.05) is 12.8 Å². The topological polar surface area (TPSA) is 101 Å². The van der Waals surface area contributed by atoms with E-state index in [1.54, 1.807) is 18.7 Å². The molecule has 0 atom stereocenters. The van der Waals surface area contributed by atoms with Crippen molar-refractivity contribution in [3.63, 3.8) is 0 Å². The maximum Gasteiger partial charge on any atom is 0.260 e. The highest BCUT2D eigenvalue weighted by Crippen LogP contribution is 2.21. The Kier molecular flexibility index (Phi) is 4.82. The summed E-state index contributed by atoms with van der Waals surface area (Å²) >= 11 is 1.60. The van der Waals surface area contributed by atoms with Gasteiger partial charge >= 0.3 is 0 Å². The monoisotopic (exact) mass is 292 g/mol. The highest BCUT2D eigenvalue weighted by atomic mass is 32.2. The van der Waals surface area contributed by atoms with Crippen LogP contribution in [0.15, 0.2) is 5.03 Å². The van der Waals surface area contributed by atoms with Crippen LogP contribution < -0.4 is 10.5 Å². The van der Waals surface area contributed by atoms with Gasteiger partial charge in [-0.05, 0) is 27.0 Å². The predicted molar refractivity (Wildman–Crippen MR) is 74.0 cm³/mol. The van der Waals surface area contributed by atoms with E-state index in [9.17, 15) is 8.42 Å². The van der Waals surface area contributed by atoms with E-state index in [0.717, 1.165) is 0 Å². The molecule has 0 saturated heterocycles. The largest absolute Gasteiger partial charge is 0.326 e. The van der Waals surface area contributed by atoms with Crippen molar-refractivity contribution in [1.29, 1.82) is 0 Å². The fraction of sp³-hybridized carbons (Fsp3) is 0.700. The van der Waals surface area contributed by atoms with Gasteiger partial charge in [0.1, 0.15) is 0 Å². The maximum absolute atomic E-state index is 12.1. The molecule has 1 rings (SSSR count). The number of aromatic amines is 1. The number of H-pyrrole nitrogens is 1. The number of thioether (sulfide) groups is 1. The van der Waals surface area contributed by atoms with Crippen LogP contribution in [0.3, 0.4) is 0 Å². The molecule has 0 saturated carbocycles. The first-order valence-corrected chi connectivity index (χ1v) is 8.23. The first-order chi connectivity index (χ1) is 8.23. The SMILES string of the molecule is CSC(C)(C)CNS(=O)(=O)c1n[nH]c(C)c1CN. The van der Waals surface area contributed by atoms with E-state index in [4.69, 9.17) is 5.73 Å². The van der Waals surface area contributed by atoms with Crippen molar-refractivity contribution in [1.82, 2.24) is 14.9 Å². The van der Waals surface area contributed by atoms with E-state index in [2.05, 4.69) is 14.9 Å². The fourth-order valence-corrected chi connectivity index (χ4v) is 3.02. The lowest BCUT2D eigenvalue weighted by molar-refractivity contribution is 0.565. The molecule has 8 heteroatoms. The van der Waals surface area contributed by atoms with Gasteiger partial charge in [0.25, 0.3) is 10.0 Å². The molecule has 0 spiro atoms. The molecule has 0 unspecified atom stereocenters. The van der Waals surface area contributed by atoms with Crippen LogP contribution in [0.1, 0.15) is 25.1 Å². The van der Waals surface area contributed by atoms with Gasteiger partial charge in [-0.25, -0.2) is 13.1 Å². The van der Waals surface area contributed by atoms with E-state index >= 15 is 0 Å². The average molecular weight is 292 g/mol.